The van der Waals surface area contributed by atoms with Crippen LogP contribution in [0.2, 0.25) is 0 Å². The maximum atomic E-state index is 11.2. The topological polar surface area (TPSA) is 54.4 Å². The highest BCUT2D eigenvalue weighted by Gasteiger charge is 2.38. The lowest BCUT2D eigenvalue weighted by Gasteiger charge is -2.18. The molecule has 0 spiro atoms. The Labute approximate surface area is 73.7 Å². The Morgan fingerprint density at radius 3 is 2.25 bits per heavy atom. The lowest BCUT2D eigenvalue weighted by atomic mass is 10.1. The molecule has 0 aromatic carbocycles. The normalized spacial score (nSPS) is 23.6. The van der Waals surface area contributed by atoms with Crippen LogP contribution < -0.4 is 0 Å². The van der Waals surface area contributed by atoms with Crippen molar-refractivity contribution in [3.05, 3.63) is 0 Å². The average molecular weight is 192 g/mol. The first-order valence-corrected chi connectivity index (χ1v) is 6.29. The second-order valence-electron chi connectivity index (χ2n) is 3.60. The van der Waals surface area contributed by atoms with E-state index < -0.39 is 21.2 Å². The molecule has 0 aliphatic heterocycles. The molecule has 0 heterocycles. The van der Waals surface area contributed by atoms with Crippen LogP contribution in [0.25, 0.3) is 0 Å². The van der Waals surface area contributed by atoms with Crippen molar-refractivity contribution in [2.75, 3.05) is 6.26 Å². The average Bonchev–Trinajstić information content (AvgIpc) is 2.65. The van der Waals surface area contributed by atoms with Crippen LogP contribution in [0.4, 0.5) is 0 Å². The molecule has 0 radical (unpaired) electrons. The molecule has 0 saturated heterocycles. The molecular weight excluding hydrogens is 176 g/mol. The predicted octanol–water partition coefficient (Wildman–Crippen LogP) is 0.581. The second kappa shape index (κ2) is 3.34. The number of sulfone groups is 1. The van der Waals surface area contributed by atoms with Crippen LogP contribution in [0.15, 0.2) is 0 Å². The Kier molecular flexibility index (Phi) is 2.78. The van der Waals surface area contributed by atoms with Crippen LogP contribution >= 0.6 is 0 Å². The summed E-state index contributed by atoms with van der Waals surface area (Å²) in [5, 5.41) is 9.05. The molecule has 12 heavy (non-hydrogen) atoms. The molecule has 72 valence electrons. The van der Waals surface area contributed by atoms with Gasteiger partial charge in [-0.15, -0.1) is 0 Å². The van der Waals surface area contributed by atoms with Crippen molar-refractivity contribution in [3.8, 4) is 0 Å². The highest BCUT2D eigenvalue weighted by atomic mass is 32.2. The van der Waals surface area contributed by atoms with Gasteiger partial charge in [0.2, 0.25) is 0 Å². The smallest absolute Gasteiger partial charge is 0.152 e. The Morgan fingerprint density at radius 1 is 1.50 bits per heavy atom. The largest absolute Gasteiger partial charge is 0.391 e. The predicted molar refractivity (Wildman–Crippen MR) is 47.7 cm³/mol. The van der Waals surface area contributed by atoms with Crippen molar-refractivity contribution in [3.63, 3.8) is 0 Å². The zero-order valence-electron chi connectivity index (χ0n) is 7.53. The quantitative estimate of drug-likeness (QED) is 0.709. The van der Waals surface area contributed by atoms with E-state index in [1.165, 1.54) is 6.26 Å². The molecule has 0 bridgehead atoms. The SMILES string of the molecule is CCC(C(O)C1CC1)S(C)(=O)=O. The first-order valence-electron chi connectivity index (χ1n) is 4.33. The Hall–Kier alpha value is -0.0900. The van der Waals surface area contributed by atoms with Crippen LogP contribution in [0.3, 0.4) is 0 Å². The van der Waals surface area contributed by atoms with E-state index in [9.17, 15) is 13.5 Å². The monoisotopic (exact) mass is 192 g/mol. The van der Waals surface area contributed by atoms with E-state index in [-0.39, 0.29) is 5.92 Å². The van der Waals surface area contributed by atoms with Gasteiger partial charge in [0.05, 0.1) is 11.4 Å². The molecule has 2 unspecified atom stereocenters. The van der Waals surface area contributed by atoms with E-state index in [0.717, 1.165) is 12.8 Å². The Balaban J connectivity index is 2.67. The van der Waals surface area contributed by atoms with Crippen molar-refractivity contribution in [2.45, 2.75) is 37.5 Å². The van der Waals surface area contributed by atoms with Gasteiger partial charge in [-0.05, 0) is 25.2 Å². The fraction of sp³-hybridized carbons (Fsp3) is 1.00. The van der Waals surface area contributed by atoms with Gasteiger partial charge in [0, 0.05) is 6.26 Å². The summed E-state index contributed by atoms with van der Waals surface area (Å²) in [6.45, 7) is 1.80. The third-order valence-electron chi connectivity index (χ3n) is 2.44. The zero-order valence-corrected chi connectivity index (χ0v) is 8.34. The van der Waals surface area contributed by atoms with Gasteiger partial charge in [-0.1, -0.05) is 6.92 Å². The molecule has 1 aliphatic carbocycles. The van der Waals surface area contributed by atoms with Gasteiger partial charge in [-0.3, -0.25) is 0 Å². The molecule has 4 heteroatoms. The first-order chi connectivity index (χ1) is 5.46. The third-order valence-corrected chi connectivity index (χ3v) is 4.15. The third kappa shape index (κ3) is 2.20. The highest BCUT2D eigenvalue weighted by Crippen LogP contribution is 2.36. The number of rotatable bonds is 4. The lowest BCUT2D eigenvalue weighted by Crippen LogP contribution is -2.34. The fourth-order valence-corrected chi connectivity index (χ4v) is 2.87. The van der Waals surface area contributed by atoms with Crippen LogP contribution in [0.5, 0.6) is 0 Å². The summed E-state index contributed by atoms with van der Waals surface area (Å²) in [6, 6.07) is 0. The van der Waals surface area contributed by atoms with Crippen LogP contribution in [0.1, 0.15) is 26.2 Å². The summed E-state index contributed by atoms with van der Waals surface area (Å²) < 4.78 is 22.4. The molecule has 1 aliphatic rings. The summed E-state index contributed by atoms with van der Waals surface area (Å²) in [4.78, 5) is 0. The Morgan fingerprint density at radius 2 is 2.00 bits per heavy atom. The Bertz CT molecular complexity index is 241. The van der Waals surface area contributed by atoms with Gasteiger partial charge in [-0.2, -0.15) is 0 Å². The maximum absolute atomic E-state index is 11.2. The molecule has 1 saturated carbocycles. The fourth-order valence-electron chi connectivity index (χ4n) is 1.54. The molecule has 0 aromatic rings. The van der Waals surface area contributed by atoms with E-state index in [1.54, 1.807) is 6.92 Å². The number of aliphatic hydroxyl groups is 1. The lowest BCUT2D eigenvalue weighted by molar-refractivity contribution is 0.143. The highest BCUT2D eigenvalue weighted by molar-refractivity contribution is 7.91. The molecule has 0 aromatic heterocycles. The van der Waals surface area contributed by atoms with Gasteiger partial charge in [0.15, 0.2) is 9.84 Å². The van der Waals surface area contributed by atoms with Crippen LogP contribution in [-0.2, 0) is 9.84 Å². The molecule has 1 fully saturated rings. The first kappa shape index (κ1) is 9.99. The minimum absolute atomic E-state index is 0.240. The summed E-state index contributed by atoms with van der Waals surface area (Å²) in [5.74, 6) is 0.240. The minimum atomic E-state index is -3.07. The molecule has 0 amide bonds. The van der Waals surface area contributed by atoms with Crippen molar-refractivity contribution < 1.29 is 13.5 Å². The van der Waals surface area contributed by atoms with Crippen molar-refractivity contribution in [1.29, 1.82) is 0 Å². The molecular formula is C8H16O3S. The van der Waals surface area contributed by atoms with Crippen LogP contribution in [0, 0.1) is 5.92 Å². The minimum Gasteiger partial charge on any atom is -0.391 e. The molecule has 1 rings (SSSR count). The summed E-state index contributed by atoms with van der Waals surface area (Å²) in [7, 11) is -3.07. The standard InChI is InChI=1S/C8H16O3S/c1-3-7(12(2,10)11)8(9)6-4-5-6/h6-9H,3-5H2,1-2H3. The van der Waals surface area contributed by atoms with Gasteiger partial charge in [0.25, 0.3) is 0 Å². The van der Waals surface area contributed by atoms with Crippen molar-refractivity contribution in [1.82, 2.24) is 0 Å². The van der Waals surface area contributed by atoms with Crippen molar-refractivity contribution >= 4 is 9.84 Å². The van der Waals surface area contributed by atoms with E-state index >= 15 is 0 Å². The van der Waals surface area contributed by atoms with E-state index in [2.05, 4.69) is 0 Å². The van der Waals surface area contributed by atoms with Crippen molar-refractivity contribution in [2.24, 2.45) is 5.92 Å². The number of hydrogen-bond acceptors (Lipinski definition) is 3. The maximum Gasteiger partial charge on any atom is 0.152 e. The summed E-state index contributed by atoms with van der Waals surface area (Å²) in [6.07, 6.45) is 3.04. The molecule has 3 nitrogen and oxygen atoms in total. The van der Waals surface area contributed by atoms with E-state index in [0.29, 0.717) is 6.42 Å². The second-order valence-corrected chi connectivity index (χ2v) is 5.87. The number of aliphatic hydroxyl groups excluding tert-OH is 1. The summed E-state index contributed by atoms with van der Waals surface area (Å²) >= 11 is 0. The molecule has 2 atom stereocenters. The molecule has 1 N–H and O–H groups in total. The van der Waals surface area contributed by atoms with E-state index in [1.807, 2.05) is 0 Å². The van der Waals surface area contributed by atoms with Gasteiger partial charge in [0.1, 0.15) is 0 Å². The summed E-state index contributed by atoms with van der Waals surface area (Å²) in [5.41, 5.74) is 0. The van der Waals surface area contributed by atoms with E-state index in [4.69, 9.17) is 0 Å². The zero-order chi connectivity index (χ0) is 9.35. The van der Waals surface area contributed by atoms with Gasteiger partial charge < -0.3 is 5.11 Å². The van der Waals surface area contributed by atoms with Gasteiger partial charge in [-0.25, -0.2) is 8.42 Å². The van der Waals surface area contributed by atoms with Gasteiger partial charge >= 0.3 is 0 Å². The number of hydrogen-bond donors (Lipinski definition) is 1. The van der Waals surface area contributed by atoms with Crippen LogP contribution in [-0.4, -0.2) is 31.1 Å².